The Labute approximate surface area is 189 Å². The fourth-order valence-corrected chi connectivity index (χ4v) is 4.41. The molecule has 4 aromatic rings. The lowest BCUT2D eigenvalue weighted by Crippen LogP contribution is -2.07. The molecule has 0 aliphatic rings. The van der Waals surface area contributed by atoms with Crippen LogP contribution >= 0.6 is 11.3 Å². The number of carbonyl (C=O) groups is 1. The van der Waals surface area contributed by atoms with Gasteiger partial charge in [0.1, 0.15) is 17.9 Å². The molecule has 0 atom stereocenters. The van der Waals surface area contributed by atoms with Gasteiger partial charge in [-0.15, -0.1) is 11.3 Å². The first-order valence-corrected chi connectivity index (χ1v) is 10.9. The third kappa shape index (κ3) is 4.38. The molecule has 0 aliphatic heterocycles. The van der Waals surface area contributed by atoms with Crippen molar-refractivity contribution in [2.45, 2.75) is 13.3 Å². The van der Waals surface area contributed by atoms with Crippen molar-refractivity contribution < 1.29 is 14.6 Å². The number of nitrogens with one attached hydrogen (secondary N) is 1. The van der Waals surface area contributed by atoms with Crippen molar-refractivity contribution in [3.8, 4) is 22.4 Å². The minimum atomic E-state index is -1.02. The smallest absolute Gasteiger partial charge is 0.349 e. The molecule has 2 aromatic carbocycles. The third-order valence-corrected chi connectivity index (χ3v) is 6.07. The zero-order valence-electron chi connectivity index (χ0n) is 17.3. The molecular weight excluding hydrogens is 424 g/mol. The van der Waals surface area contributed by atoms with E-state index in [2.05, 4.69) is 21.4 Å². The van der Waals surface area contributed by atoms with E-state index >= 15 is 0 Å². The molecule has 4 rings (SSSR count). The molecule has 0 spiro atoms. The molecular formula is C24H20N4O3S. The number of hydrogen-bond donors (Lipinski definition) is 2. The van der Waals surface area contributed by atoms with Gasteiger partial charge in [-0.2, -0.15) is 5.26 Å². The molecule has 0 amide bonds. The maximum absolute atomic E-state index is 11.5. The highest BCUT2D eigenvalue weighted by molar-refractivity contribution is 7.17. The second-order valence-corrected chi connectivity index (χ2v) is 7.99. The minimum absolute atomic E-state index is 0.155. The first-order valence-electron chi connectivity index (χ1n) is 10.1. The van der Waals surface area contributed by atoms with Crippen LogP contribution in [0, 0.1) is 11.3 Å². The standard InChI is InChI=1S/C24H20N4O3S/c1-2-31-20-12-21(32-23(20)24(29)30)19-11-22(28-14-27-19)26-10-9-15-7-8-16(13-25)18-6-4-3-5-17(15)18/h3-8,11-12,14H,2,9-10H2,1H3,(H,29,30)(H,26,27,28). The van der Waals surface area contributed by atoms with Gasteiger partial charge in [0.2, 0.25) is 0 Å². The summed E-state index contributed by atoms with van der Waals surface area (Å²) in [4.78, 5) is 20.9. The summed E-state index contributed by atoms with van der Waals surface area (Å²) in [5, 5.41) is 24.1. The molecule has 0 bridgehead atoms. The average molecular weight is 445 g/mol. The van der Waals surface area contributed by atoms with E-state index in [1.54, 1.807) is 12.1 Å². The molecule has 8 heteroatoms. The van der Waals surface area contributed by atoms with Crippen LogP contribution in [-0.4, -0.2) is 34.2 Å². The van der Waals surface area contributed by atoms with Gasteiger partial charge in [0.25, 0.3) is 0 Å². The average Bonchev–Trinajstić information content (AvgIpc) is 3.24. The number of fused-ring (bicyclic) bond motifs is 1. The second kappa shape index (κ2) is 9.45. The molecule has 32 heavy (non-hydrogen) atoms. The number of hydrogen-bond acceptors (Lipinski definition) is 7. The van der Waals surface area contributed by atoms with Crippen molar-refractivity contribution >= 4 is 33.9 Å². The van der Waals surface area contributed by atoms with Crippen molar-refractivity contribution in [3.05, 3.63) is 70.9 Å². The Morgan fingerprint density at radius 2 is 2.00 bits per heavy atom. The van der Waals surface area contributed by atoms with Gasteiger partial charge in [-0.1, -0.05) is 30.3 Å². The zero-order valence-corrected chi connectivity index (χ0v) is 18.1. The highest BCUT2D eigenvalue weighted by Crippen LogP contribution is 2.36. The van der Waals surface area contributed by atoms with Crippen LogP contribution in [0.5, 0.6) is 5.75 Å². The summed E-state index contributed by atoms with van der Waals surface area (Å²) in [5.74, 6) is -0.0243. The first kappa shape index (κ1) is 21.3. The number of aromatic carboxylic acids is 1. The summed E-state index contributed by atoms with van der Waals surface area (Å²) in [7, 11) is 0. The zero-order chi connectivity index (χ0) is 22.5. The minimum Gasteiger partial charge on any atom is -0.492 e. The molecule has 0 unspecified atom stereocenters. The highest BCUT2D eigenvalue weighted by atomic mass is 32.1. The summed E-state index contributed by atoms with van der Waals surface area (Å²) in [6.07, 6.45) is 2.21. The number of anilines is 1. The van der Waals surface area contributed by atoms with E-state index in [0.717, 1.165) is 34.1 Å². The number of thiophene rings is 1. The van der Waals surface area contributed by atoms with Gasteiger partial charge in [0.05, 0.1) is 28.8 Å². The Bertz CT molecular complexity index is 1330. The highest BCUT2D eigenvalue weighted by Gasteiger charge is 2.18. The van der Waals surface area contributed by atoms with E-state index < -0.39 is 5.97 Å². The number of ether oxygens (including phenoxy) is 1. The van der Waals surface area contributed by atoms with Crippen molar-refractivity contribution in [3.63, 3.8) is 0 Å². The van der Waals surface area contributed by atoms with Crippen molar-refractivity contribution in [2.75, 3.05) is 18.5 Å². The first-order chi connectivity index (χ1) is 15.6. The van der Waals surface area contributed by atoms with Crippen molar-refractivity contribution in [1.82, 2.24) is 9.97 Å². The fourth-order valence-electron chi connectivity index (χ4n) is 3.50. The van der Waals surface area contributed by atoms with Gasteiger partial charge >= 0.3 is 5.97 Å². The predicted molar refractivity (Wildman–Crippen MR) is 124 cm³/mol. The summed E-state index contributed by atoms with van der Waals surface area (Å²) in [5.41, 5.74) is 2.44. The third-order valence-electron chi connectivity index (χ3n) is 4.95. The van der Waals surface area contributed by atoms with E-state index in [9.17, 15) is 15.2 Å². The van der Waals surface area contributed by atoms with Crippen LogP contribution in [0.3, 0.4) is 0 Å². The summed E-state index contributed by atoms with van der Waals surface area (Å²) >= 11 is 1.13. The molecule has 2 N–H and O–H groups in total. The van der Waals surface area contributed by atoms with Crippen LogP contribution in [-0.2, 0) is 6.42 Å². The van der Waals surface area contributed by atoms with Crippen LogP contribution in [0.15, 0.2) is 54.9 Å². The molecule has 2 heterocycles. The lowest BCUT2D eigenvalue weighted by Gasteiger charge is -2.10. The van der Waals surface area contributed by atoms with E-state index in [1.807, 2.05) is 43.3 Å². The van der Waals surface area contributed by atoms with Gasteiger partial charge in [-0.05, 0) is 35.7 Å². The SMILES string of the molecule is CCOc1cc(-c2cc(NCCc3ccc(C#N)c4ccccc34)ncn2)sc1C(=O)O. The fraction of sp³-hybridized carbons (Fsp3) is 0.167. The molecule has 160 valence electrons. The number of carboxylic acid groups (broad SMARTS) is 1. The molecule has 0 saturated carbocycles. The lowest BCUT2D eigenvalue weighted by atomic mass is 9.98. The Morgan fingerprint density at radius 3 is 2.75 bits per heavy atom. The molecule has 2 aromatic heterocycles. The number of nitriles is 1. The monoisotopic (exact) mass is 444 g/mol. The number of benzene rings is 2. The molecule has 0 radical (unpaired) electrons. The van der Waals surface area contributed by atoms with Gasteiger partial charge in [-0.25, -0.2) is 14.8 Å². The van der Waals surface area contributed by atoms with Gasteiger partial charge < -0.3 is 15.2 Å². The number of rotatable bonds is 8. The van der Waals surface area contributed by atoms with E-state index in [-0.39, 0.29) is 4.88 Å². The lowest BCUT2D eigenvalue weighted by molar-refractivity contribution is 0.0698. The Morgan fingerprint density at radius 1 is 1.19 bits per heavy atom. The Hall–Kier alpha value is -3.96. The summed E-state index contributed by atoms with van der Waals surface area (Å²) in [6, 6.07) is 17.5. The van der Waals surface area contributed by atoms with E-state index in [4.69, 9.17) is 4.74 Å². The van der Waals surface area contributed by atoms with E-state index in [1.165, 1.54) is 6.33 Å². The summed E-state index contributed by atoms with van der Waals surface area (Å²) < 4.78 is 5.45. The van der Waals surface area contributed by atoms with Crippen LogP contribution in [0.1, 0.15) is 27.7 Å². The molecule has 0 aliphatic carbocycles. The maximum Gasteiger partial charge on any atom is 0.349 e. The van der Waals surface area contributed by atoms with Crippen LogP contribution in [0.25, 0.3) is 21.3 Å². The van der Waals surface area contributed by atoms with Crippen LogP contribution < -0.4 is 10.1 Å². The normalized spacial score (nSPS) is 10.6. The number of aromatic nitrogens is 2. The van der Waals surface area contributed by atoms with Gasteiger partial charge in [0, 0.05) is 18.7 Å². The Balaban J connectivity index is 1.50. The number of nitrogens with zero attached hydrogens (tertiary/aromatic N) is 3. The van der Waals surface area contributed by atoms with E-state index in [0.29, 0.717) is 40.9 Å². The quantitative estimate of drug-likeness (QED) is 0.394. The van der Waals surface area contributed by atoms with Crippen molar-refractivity contribution in [2.24, 2.45) is 0 Å². The number of carboxylic acids is 1. The van der Waals surface area contributed by atoms with Crippen LogP contribution in [0.2, 0.25) is 0 Å². The van der Waals surface area contributed by atoms with Gasteiger partial charge in [-0.3, -0.25) is 0 Å². The van der Waals surface area contributed by atoms with Crippen molar-refractivity contribution in [1.29, 1.82) is 5.26 Å². The van der Waals surface area contributed by atoms with Crippen LogP contribution in [0.4, 0.5) is 5.82 Å². The molecule has 7 nitrogen and oxygen atoms in total. The summed E-state index contributed by atoms with van der Waals surface area (Å²) in [6.45, 7) is 2.84. The molecule has 0 fully saturated rings. The van der Waals surface area contributed by atoms with Gasteiger partial charge in [0.15, 0.2) is 4.88 Å². The topological polar surface area (TPSA) is 108 Å². The largest absolute Gasteiger partial charge is 0.492 e. The molecule has 0 saturated heterocycles. The predicted octanol–water partition coefficient (Wildman–Crippen LogP) is 4.98. The Kier molecular flexibility index (Phi) is 6.29. The maximum atomic E-state index is 11.5. The second-order valence-electron chi connectivity index (χ2n) is 6.94.